The number of hydrogen-bond donors (Lipinski definition) is 1. The third-order valence-electron chi connectivity index (χ3n) is 2.21. The lowest BCUT2D eigenvalue weighted by molar-refractivity contribution is 0.0690. The van der Waals surface area contributed by atoms with Crippen molar-refractivity contribution in [2.75, 3.05) is 0 Å². The second-order valence-electron chi connectivity index (χ2n) is 3.27. The summed E-state index contributed by atoms with van der Waals surface area (Å²) in [6.45, 7) is 0. The van der Waals surface area contributed by atoms with Crippen LogP contribution in [-0.2, 0) is 7.05 Å². The van der Waals surface area contributed by atoms with Crippen molar-refractivity contribution in [2.45, 2.75) is 0 Å². The first-order chi connectivity index (χ1) is 7.50. The van der Waals surface area contributed by atoms with Crippen LogP contribution in [0.2, 0.25) is 0 Å². The summed E-state index contributed by atoms with van der Waals surface area (Å²) in [5, 5.41) is 12.6. The third-order valence-corrected chi connectivity index (χ3v) is 2.21. The predicted molar refractivity (Wildman–Crippen MR) is 53.9 cm³/mol. The molecular formula is C10H7FN2O3. The van der Waals surface area contributed by atoms with Gasteiger partial charge in [0.15, 0.2) is 5.69 Å². The second-order valence-corrected chi connectivity index (χ2v) is 3.27. The molecule has 0 fully saturated rings. The van der Waals surface area contributed by atoms with E-state index >= 15 is 0 Å². The van der Waals surface area contributed by atoms with E-state index in [0.717, 1.165) is 16.8 Å². The zero-order valence-electron chi connectivity index (χ0n) is 8.27. The van der Waals surface area contributed by atoms with Crippen molar-refractivity contribution in [3.63, 3.8) is 0 Å². The van der Waals surface area contributed by atoms with Crippen LogP contribution in [0.15, 0.2) is 23.0 Å². The van der Waals surface area contributed by atoms with Crippen molar-refractivity contribution in [3.8, 4) is 0 Å². The van der Waals surface area contributed by atoms with Crippen LogP contribution in [0.25, 0.3) is 10.8 Å². The van der Waals surface area contributed by atoms with E-state index < -0.39 is 17.3 Å². The van der Waals surface area contributed by atoms with Gasteiger partial charge in [-0.3, -0.25) is 4.79 Å². The van der Waals surface area contributed by atoms with Crippen molar-refractivity contribution in [2.24, 2.45) is 7.05 Å². The maximum absolute atomic E-state index is 13.0. The Morgan fingerprint density at radius 3 is 2.75 bits per heavy atom. The first kappa shape index (κ1) is 10.3. The van der Waals surface area contributed by atoms with E-state index in [9.17, 15) is 14.0 Å². The highest BCUT2D eigenvalue weighted by molar-refractivity contribution is 6.01. The van der Waals surface area contributed by atoms with Gasteiger partial charge < -0.3 is 5.11 Å². The molecule has 1 heterocycles. The average Bonchev–Trinajstić information content (AvgIpc) is 2.22. The van der Waals surface area contributed by atoms with Gasteiger partial charge in [-0.2, -0.15) is 5.10 Å². The molecule has 0 atom stereocenters. The van der Waals surface area contributed by atoms with Crippen LogP contribution in [0.1, 0.15) is 10.5 Å². The van der Waals surface area contributed by atoms with E-state index in [-0.39, 0.29) is 16.5 Å². The molecule has 0 unspecified atom stereocenters. The summed E-state index contributed by atoms with van der Waals surface area (Å²) in [5.74, 6) is -1.91. The first-order valence-corrected chi connectivity index (χ1v) is 4.40. The molecule has 2 rings (SSSR count). The van der Waals surface area contributed by atoms with Crippen LogP contribution in [0.5, 0.6) is 0 Å². The second kappa shape index (κ2) is 3.41. The van der Waals surface area contributed by atoms with E-state index in [4.69, 9.17) is 5.11 Å². The number of rotatable bonds is 1. The average molecular weight is 222 g/mol. The van der Waals surface area contributed by atoms with Gasteiger partial charge in [-0.1, -0.05) is 0 Å². The van der Waals surface area contributed by atoms with Crippen molar-refractivity contribution in [3.05, 3.63) is 40.1 Å². The number of carboxylic acid groups (broad SMARTS) is 1. The molecule has 0 amide bonds. The minimum atomic E-state index is -1.30. The Kier molecular flexibility index (Phi) is 2.19. The van der Waals surface area contributed by atoms with E-state index in [0.29, 0.717) is 0 Å². The Labute approximate surface area is 88.7 Å². The third kappa shape index (κ3) is 1.44. The number of nitrogens with zero attached hydrogens (tertiary/aromatic N) is 2. The van der Waals surface area contributed by atoms with Crippen molar-refractivity contribution in [1.29, 1.82) is 0 Å². The van der Waals surface area contributed by atoms with Gasteiger partial charge in [0.05, 0.1) is 5.39 Å². The zero-order chi connectivity index (χ0) is 11.9. The highest BCUT2D eigenvalue weighted by Crippen LogP contribution is 2.14. The highest BCUT2D eigenvalue weighted by atomic mass is 19.1. The molecular weight excluding hydrogens is 215 g/mol. The minimum absolute atomic E-state index is 0.00981. The summed E-state index contributed by atoms with van der Waals surface area (Å²) in [6, 6.07) is 3.35. The normalized spacial score (nSPS) is 10.6. The molecule has 0 aliphatic heterocycles. The maximum atomic E-state index is 13.0. The van der Waals surface area contributed by atoms with Crippen LogP contribution >= 0.6 is 0 Å². The van der Waals surface area contributed by atoms with Crippen LogP contribution in [-0.4, -0.2) is 20.9 Å². The quantitative estimate of drug-likeness (QED) is 0.773. The molecule has 5 nitrogen and oxygen atoms in total. The fraction of sp³-hybridized carbons (Fsp3) is 0.100. The topological polar surface area (TPSA) is 72.2 Å². The summed E-state index contributed by atoms with van der Waals surface area (Å²) < 4.78 is 13.9. The Bertz CT molecular complexity index is 648. The van der Waals surface area contributed by atoms with Gasteiger partial charge in [0.1, 0.15) is 5.82 Å². The Morgan fingerprint density at radius 1 is 1.44 bits per heavy atom. The molecule has 1 aromatic carbocycles. The molecule has 0 spiro atoms. The van der Waals surface area contributed by atoms with Crippen molar-refractivity contribution in [1.82, 2.24) is 9.78 Å². The van der Waals surface area contributed by atoms with Gasteiger partial charge in [-0.15, -0.1) is 0 Å². The van der Waals surface area contributed by atoms with E-state index in [2.05, 4.69) is 5.10 Å². The molecule has 2 aromatic rings. The lowest BCUT2D eigenvalue weighted by Gasteiger charge is -2.04. The summed E-state index contributed by atoms with van der Waals surface area (Å²) in [6.07, 6.45) is 0. The van der Waals surface area contributed by atoms with Gasteiger partial charge in [-0.05, 0) is 18.2 Å². The molecule has 0 aliphatic carbocycles. The number of aromatic carboxylic acids is 1. The molecule has 0 aliphatic rings. The maximum Gasteiger partial charge on any atom is 0.357 e. The standard InChI is InChI=1S/C10H7FN2O3/c1-13-9(14)6-3-2-5(11)4-7(6)8(12-13)10(15)16/h2-4H,1H3,(H,15,16). The van der Waals surface area contributed by atoms with Crippen molar-refractivity contribution < 1.29 is 14.3 Å². The monoisotopic (exact) mass is 222 g/mol. The molecule has 0 bridgehead atoms. The van der Waals surface area contributed by atoms with Gasteiger partial charge in [0.2, 0.25) is 0 Å². The van der Waals surface area contributed by atoms with Gasteiger partial charge >= 0.3 is 5.97 Å². The lowest BCUT2D eigenvalue weighted by atomic mass is 10.1. The van der Waals surface area contributed by atoms with Crippen molar-refractivity contribution >= 4 is 16.7 Å². The zero-order valence-corrected chi connectivity index (χ0v) is 8.27. The number of fused-ring (bicyclic) bond motifs is 1. The summed E-state index contributed by atoms with van der Waals surface area (Å²) in [7, 11) is 1.34. The Hall–Kier alpha value is -2.24. The molecule has 82 valence electrons. The van der Waals surface area contributed by atoms with Gasteiger partial charge in [-0.25, -0.2) is 13.9 Å². The molecule has 0 saturated heterocycles. The fourth-order valence-corrected chi connectivity index (χ4v) is 1.48. The number of carboxylic acids is 1. The number of hydrogen-bond acceptors (Lipinski definition) is 3. The summed E-state index contributed by atoms with van der Waals surface area (Å²) in [5.41, 5.74) is -0.795. The largest absolute Gasteiger partial charge is 0.476 e. The molecule has 16 heavy (non-hydrogen) atoms. The van der Waals surface area contributed by atoms with Crippen LogP contribution in [0.3, 0.4) is 0 Å². The molecule has 0 saturated carbocycles. The van der Waals surface area contributed by atoms with Crippen LogP contribution in [0, 0.1) is 5.82 Å². The molecule has 6 heteroatoms. The Morgan fingerprint density at radius 2 is 2.12 bits per heavy atom. The molecule has 1 N–H and O–H groups in total. The van der Waals surface area contributed by atoms with Crippen LogP contribution < -0.4 is 5.56 Å². The molecule has 1 aromatic heterocycles. The number of aromatic nitrogens is 2. The number of halogens is 1. The van der Waals surface area contributed by atoms with E-state index in [1.807, 2.05) is 0 Å². The number of benzene rings is 1. The first-order valence-electron chi connectivity index (χ1n) is 4.40. The van der Waals surface area contributed by atoms with Gasteiger partial charge in [0.25, 0.3) is 5.56 Å². The SMILES string of the molecule is Cn1nc(C(=O)O)c2cc(F)ccc2c1=O. The highest BCUT2D eigenvalue weighted by Gasteiger charge is 2.14. The predicted octanol–water partition coefficient (Wildman–Crippen LogP) is 0.771. The van der Waals surface area contributed by atoms with E-state index in [1.165, 1.54) is 13.1 Å². The fourth-order valence-electron chi connectivity index (χ4n) is 1.48. The minimum Gasteiger partial charge on any atom is -0.476 e. The summed E-state index contributed by atoms with van der Waals surface area (Å²) >= 11 is 0. The van der Waals surface area contributed by atoms with Crippen LogP contribution in [0.4, 0.5) is 4.39 Å². The number of aryl methyl sites for hydroxylation is 1. The van der Waals surface area contributed by atoms with Gasteiger partial charge in [0, 0.05) is 12.4 Å². The number of carbonyl (C=O) groups is 1. The van der Waals surface area contributed by atoms with E-state index in [1.54, 1.807) is 0 Å². The summed E-state index contributed by atoms with van der Waals surface area (Å²) in [4.78, 5) is 22.5. The Balaban J connectivity index is 3.01. The molecule has 0 radical (unpaired) electrons. The lowest BCUT2D eigenvalue weighted by Crippen LogP contribution is -2.23. The smallest absolute Gasteiger partial charge is 0.357 e.